The molecule has 1 aliphatic carbocycles. The molecule has 1 saturated carbocycles. The Labute approximate surface area is 148 Å². The van der Waals surface area contributed by atoms with Gasteiger partial charge in [-0.1, -0.05) is 62.3 Å². The molecule has 0 amide bonds. The molecule has 0 radical (unpaired) electrons. The van der Waals surface area contributed by atoms with E-state index in [1.165, 1.54) is 25.7 Å². The van der Waals surface area contributed by atoms with Crippen LogP contribution in [0.15, 0.2) is 0 Å². The Morgan fingerprint density at radius 1 is 0.619 bits per heavy atom. The van der Waals surface area contributed by atoms with Crippen LogP contribution in [-0.2, 0) is 19.4 Å². The zero-order chi connectivity index (χ0) is 17.9. The summed E-state index contributed by atoms with van der Waals surface area (Å²) in [6.07, 6.45) is 5.82. The molecule has 0 saturated heterocycles. The van der Waals surface area contributed by atoms with E-state index in [0.717, 1.165) is 0 Å². The van der Waals surface area contributed by atoms with E-state index in [4.69, 9.17) is 0 Å². The average molecular weight is 465 g/mol. The summed E-state index contributed by atoms with van der Waals surface area (Å²) >= 11 is 1.72. The van der Waals surface area contributed by atoms with Crippen LogP contribution in [0.3, 0.4) is 0 Å². The van der Waals surface area contributed by atoms with Crippen molar-refractivity contribution in [3.63, 3.8) is 0 Å². The first kappa shape index (κ1) is 26.5. The summed E-state index contributed by atoms with van der Waals surface area (Å²) in [5.74, 6) is 0. The molecule has 0 aliphatic heterocycles. The average Bonchev–Trinajstić information content (AvgIpc) is 2.44. The van der Waals surface area contributed by atoms with Gasteiger partial charge in [0.05, 0.1) is 0 Å². The van der Waals surface area contributed by atoms with Gasteiger partial charge in [0, 0.05) is 0 Å². The quantitative estimate of drug-likeness (QED) is 0.342. The van der Waals surface area contributed by atoms with Crippen LogP contribution < -0.4 is 0 Å². The van der Waals surface area contributed by atoms with E-state index in [9.17, 15) is 0 Å². The van der Waals surface area contributed by atoms with E-state index >= 15 is 0 Å². The van der Waals surface area contributed by atoms with Crippen molar-refractivity contribution >= 4 is 3.90 Å². The summed E-state index contributed by atoms with van der Waals surface area (Å²) in [4.78, 5) is 0. The number of hydrogen-bond acceptors (Lipinski definition) is 0. The van der Waals surface area contributed by atoms with Gasteiger partial charge in [0.1, 0.15) is 0 Å². The molecular formula is C20H41W-3. The Kier molecular flexibility index (Phi) is 15.2. The van der Waals surface area contributed by atoms with Gasteiger partial charge in [-0.05, 0) is 0 Å². The van der Waals surface area contributed by atoms with Crippen molar-refractivity contribution in [1.29, 1.82) is 0 Å². The molecule has 1 rings (SSSR count). The molecule has 1 fully saturated rings. The summed E-state index contributed by atoms with van der Waals surface area (Å²) in [6, 6.07) is 0. The molecule has 1 heteroatoms. The van der Waals surface area contributed by atoms with Crippen LogP contribution in [0.4, 0.5) is 0 Å². The maximum absolute atomic E-state index is 3.77. The number of hydrogen-bond donors (Lipinski definition) is 0. The molecule has 0 unspecified atom stereocenters. The van der Waals surface area contributed by atoms with Gasteiger partial charge in [-0.3, -0.25) is 0 Å². The normalized spacial score (nSPS) is 15.0. The Morgan fingerprint density at radius 2 is 0.762 bits per heavy atom. The second kappa shape index (κ2) is 12.0. The van der Waals surface area contributed by atoms with E-state index in [2.05, 4.69) is 83.1 Å². The monoisotopic (exact) mass is 465 g/mol. The van der Waals surface area contributed by atoms with Crippen molar-refractivity contribution in [2.45, 2.75) is 88.0 Å². The van der Waals surface area contributed by atoms with Crippen LogP contribution in [0.5, 0.6) is 0 Å². The molecule has 0 aromatic heterocycles. The first-order chi connectivity index (χ1) is 8.89. The summed E-state index contributed by atoms with van der Waals surface area (Å²) in [6.45, 7) is 30.0. The third-order valence-electron chi connectivity index (χ3n) is 1.16. The predicted molar refractivity (Wildman–Crippen MR) is 97.9 cm³/mol. The molecule has 1 aliphatic rings. The van der Waals surface area contributed by atoms with Gasteiger partial charge in [0.15, 0.2) is 0 Å². The van der Waals surface area contributed by atoms with Crippen LogP contribution in [-0.4, -0.2) is 3.90 Å². The van der Waals surface area contributed by atoms with E-state index in [1.807, 2.05) is 0 Å². The topological polar surface area (TPSA) is 0 Å². The van der Waals surface area contributed by atoms with Gasteiger partial charge in [-0.15, -0.1) is 0 Å². The fourth-order valence-corrected chi connectivity index (χ4v) is 1.81. The zero-order valence-corrected chi connectivity index (χ0v) is 19.3. The predicted octanol–water partition coefficient (Wildman–Crippen LogP) is 6.88. The first-order valence-electron chi connectivity index (χ1n) is 7.97. The van der Waals surface area contributed by atoms with Gasteiger partial charge in [-0.2, -0.15) is 16.2 Å². The molecule has 0 heterocycles. The van der Waals surface area contributed by atoms with Crippen LogP contribution in [0.25, 0.3) is 0 Å². The summed E-state index contributed by atoms with van der Waals surface area (Å²) in [5, 5.41) is 0. The SMILES string of the molecule is [CH2-]C(C)(C)C.[CH2-]C(C)(C)C.[CH2-]C(C)(C)C.[W]=[C]1CCCC1. The van der Waals surface area contributed by atoms with Crippen molar-refractivity contribution < 1.29 is 19.4 Å². The Hall–Kier alpha value is 0.558. The Morgan fingerprint density at radius 3 is 0.810 bits per heavy atom. The standard InChI is InChI=1S/C5H8.3C5H11.W/c1-2-4-5-3-1;3*1-5(2,3)4;/h1-4H2;3*1H2,2-4H3;/q;3*-1;. The van der Waals surface area contributed by atoms with Crippen molar-refractivity contribution in [1.82, 2.24) is 0 Å². The van der Waals surface area contributed by atoms with Crippen molar-refractivity contribution in [2.75, 3.05) is 0 Å². The third kappa shape index (κ3) is 124. The number of rotatable bonds is 0. The van der Waals surface area contributed by atoms with Gasteiger partial charge >= 0.3 is 48.9 Å². The molecule has 0 aromatic carbocycles. The molecule has 0 atom stereocenters. The van der Waals surface area contributed by atoms with Crippen LogP contribution in [0, 0.1) is 37.0 Å². The molecular weight excluding hydrogens is 424 g/mol. The van der Waals surface area contributed by atoms with Gasteiger partial charge < -0.3 is 20.8 Å². The first-order valence-corrected chi connectivity index (χ1v) is 9.44. The van der Waals surface area contributed by atoms with E-state index in [1.54, 1.807) is 23.3 Å². The molecule has 21 heavy (non-hydrogen) atoms. The summed E-state index contributed by atoms with van der Waals surface area (Å²) in [7, 11) is 0. The van der Waals surface area contributed by atoms with Gasteiger partial charge in [0.2, 0.25) is 0 Å². The Balaban J connectivity index is -0.000000207. The molecule has 0 nitrogen and oxygen atoms in total. The van der Waals surface area contributed by atoms with Crippen LogP contribution in [0.2, 0.25) is 0 Å². The second-order valence-electron chi connectivity index (χ2n) is 9.43. The molecule has 0 N–H and O–H groups in total. The van der Waals surface area contributed by atoms with Crippen LogP contribution in [0.1, 0.15) is 88.0 Å². The fourth-order valence-electron chi connectivity index (χ4n) is 0.769. The molecule has 0 aromatic rings. The van der Waals surface area contributed by atoms with Gasteiger partial charge in [-0.25, -0.2) is 0 Å². The minimum atomic E-state index is 0.250. The maximum atomic E-state index is 3.77. The fraction of sp³-hybridized carbons (Fsp3) is 0.800. The van der Waals surface area contributed by atoms with Crippen molar-refractivity contribution in [2.24, 2.45) is 16.2 Å². The van der Waals surface area contributed by atoms with E-state index < -0.39 is 0 Å². The second-order valence-corrected chi connectivity index (χ2v) is 11.5. The Bertz CT molecular complexity index is 188. The third-order valence-corrected chi connectivity index (χ3v) is 2.63. The molecule has 130 valence electrons. The van der Waals surface area contributed by atoms with Crippen molar-refractivity contribution in [3.05, 3.63) is 20.8 Å². The van der Waals surface area contributed by atoms with Crippen molar-refractivity contribution in [3.8, 4) is 0 Å². The summed E-state index contributed by atoms with van der Waals surface area (Å²) < 4.78 is 1.79. The van der Waals surface area contributed by atoms with Crippen LogP contribution >= 0.6 is 0 Å². The van der Waals surface area contributed by atoms with E-state index in [-0.39, 0.29) is 16.2 Å². The molecule has 0 spiro atoms. The zero-order valence-electron chi connectivity index (χ0n) is 16.4. The van der Waals surface area contributed by atoms with Gasteiger partial charge in [0.25, 0.3) is 0 Å². The molecule has 0 bridgehead atoms. The minimum absolute atomic E-state index is 0.250. The van der Waals surface area contributed by atoms with E-state index in [0.29, 0.717) is 0 Å². The summed E-state index contributed by atoms with van der Waals surface area (Å²) in [5.41, 5.74) is 0.750.